The van der Waals surface area contributed by atoms with Gasteiger partial charge in [-0.25, -0.2) is 9.78 Å². The van der Waals surface area contributed by atoms with Crippen LogP contribution in [0.4, 0.5) is 16.3 Å². The average molecular weight is 380 g/mol. The van der Waals surface area contributed by atoms with Crippen LogP contribution in [0.2, 0.25) is 0 Å². The second kappa shape index (κ2) is 6.97. The first-order chi connectivity index (χ1) is 10.9. The molecule has 0 radical (unpaired) electrons. The van der Waals surface area contributed by atoms with Crippen molar-refractivity contribution >= 4 is 39.4 Å². The number of imide groups is 1. The van der Waals surface area contributed by atoms with Crippen LogP contribution >= 0.6 is 15.9 Å². The summed E-state index contributed by atoms with van der Waals surface area (Å²) in [5.74, 6) is -0.987. The van der Waals surface area contributed by atoms with Gasteiger partial charge >= 0.3 is 11.8 Å². The van der Waals surface area contributed by atoms with Gasteiger partial charge in [0.15, 0.2) is 0 Å². The standard InChI is InChI=1S/C14H10BrN3O5/c1-9(19)17(14(20)23-10-5-3-2-4-6-10)13-11(18(21)22)7-8-12(15)16-13/h2-8H,1H3. The lowest BCUT2D eigenvalue weighted by Crippen LogP contribution is -2.38. The predicted molar refractivity (Wildman–Crippen MR) is 84.2 cm³/mol. The van der Waals surface area contributed by atoms with Crippen molar-refractivity contribution in [3.8, 4) is 5.75 Å². The van der Waals surface area contributed by atoms with Crippen LogP contribution in [-0.4, -0.2) is 21.9 Å². The quantitative estimate of drug-likeness (QED) is 0.460. The molecule has 0 aliphatic heterocycles. The number of carbonyl (C=O) groups excluding carboxylic acids is 2. The van der Waals surface area contributed by atoms with Gasteiger partial charge in [0, 0.05) is 13.0 Å². The van der Waals surface area contributed by atoms with Crippen LogP contribution in [0.15, 0.2) is 47.1 Å². The number of pyridine rings is 1. The van der Waals surface area contributed by atoms with Crippen LogP contribution in [-0.2, 0) is 4.79 Å². The van der Waals surface area contributed by atoms with E-state index in [-0.39, 0.29) is 10.4 Å². The Bertz CT molecular complexity index is 766. The average Bonchev–Trinajstić information content (AvgIpc) is 2.47. The number of ether oxygens (including phenoxy) is 1. The van der Waals surface area contributed by atoms with Crippen molar-refractivity contribution in [3.05, 3.63) is 57.2 Å². The number of rotatable bonds is 3. The van der Waals surface area contributed by atoms with Crippen LogP contribution in [0.1, 0.15) is 6.92 Å². The zero-order valence-corrected chi connectivity index (χ0v) is 13.4. The normalized spacial score (nSPS) is 10.0. The molecule has 23 heavy (non-hydrogen) atoms. The Balaban J connectivity index is 2.43. The van der Waals surface area contributed by atoms with Crippen molar-refractivity contribution in [2.75, 3.05) is 4.90 Å². The Morgan fingerprint density at radius 1 is 1.22 bits per heavy atom. The third kappa shape index (κ3) is 3.89. The maximum absolute atomic E-state index is 12.2. The molecule has 0 saturated carbocycles. The number of anilines is 1. The van der Waals surface area contributed by atoms with Gasteiger partial charge in [0.1, 0.15) is 10.4 Å². The lowest BCUT2D eigenvalue weighted by molar-refractivity contribution is -0.384. The van der Waals surface area contributed by atoms with Crippen molar-refractivity contribution in [1.29, 1.82) is 0 Å². The van der Waals surface area contributed by atoms with Crippen LogP contribution in [0.3, 0.4) is 0 Å². The Kier molecular flexibility index (Phi) is 5.02. The Labute approximate surface area is 139 Å². The molecule has 0 N–H and O–H groups in total. The number of para-hydroxylation sites is 1. The number of hydrogen-bond donors (Lipinski definition) is 0. The van der Waals surface area contributed by atoms with Gasteiger partial charge in [0.05, 0.1) is 4.92 Å². The molecule has 9 heteroatoms. The first-order valence-electron chi connectivity index (χ1n) is 6.28. The van der Waals surface area contributed by atoms with E-state index in [1.807, 2.05) is 0 Å². The largest absolute Gasteiger partial charge is 0.428 e. The van der Waals surface area contributed by atoms with Crippen molar-refractivity contribution in [2.45, 2.75) is 6.92 Å². The highest BCUT2D eigenvalue weighted by Gasteiger charge is 2.31. The van der Waals surface area contributed by atoms with E-state index >= 15 is 0 Å². The fraction of sp³-hybridized carbons (Fsp3) is 0.0714. The number of carbonyl (C=O) groups is 2. The number of halogens is 1. The van der Waals surface area contributed by atoms with Gasteiger partial charge in [-0.3, -0.25) is 14.9 Å². The maximum atomic E-state index is 12.2. The summed E-state index contributed by atoms with van der Waals surface area (Å²) in [6.07, 6.45) is -1.09. The molecule has 1 heterocycles. The smallest absolute Gasteiger partial charge is 0.410 e. The first-order valence-corrected chi connectivity index (χ1v) is 7.08. The van der Waals surface area contributed by atoms with Crippen molar-refractivity contribution in [2.24, 2.45) is 0 Å². The molecule has 2 amide bonds. The summed E-state index contributed by atoms with van der Waals surface area (Å²) in [5, 5.41) is 11.1. The van der Waals surface area contributed by atoms with Gasteiger partial charge in [0.2, 0.25) is 11.7 Å². The summed E-state index contributed by atoms with van der Waals surface area (Å²) in [7, 11) is 0. The van der Waals surface area contributed by atoms with E-state index in [2.05, 4.69) is 20.9 Å². The lowest BCUT2D eigenvalue weighted by atomic mass is 10.3. The zero-order valence-electron chi connectivity index (χ0n) is 11.8. The molecule has 0 atom stereocenters. The molecule has 0 spiro atoms. The molecule has 0 bridgehead atoms. The van der Waals surface area contributed by atoms with Crippen molar-refractivity contribution in [3.63, 3.8) is 0 Å². The number of benzene rings is 1. The zero-order chi connectivity index (χ0) is 17.0. The molecule has 118 valence electrons. The molecule has 0 unspecified atom stereocenters. The maximum Gasteiger partial charge on any atom is 0.428 e. The van der Waals surface area contributed by atoms with E-state index in [0.717, 1.165) is 13.0 Å². The van der Waals surface area contributed by atoms with Gasteiger partial charge in [-0.15, -0.1) is 0 Å². The van der Waals surface area contributed by atoms with E-state index in [9.17, 15) is 19.7 Å². The van der Waals surface area contributed by atoms with Gasteiger partial charge in [-0.1, -0.05) is 18.2 Å². The van der Waals surface area contributed by atoms with Crippen LogP contribution < -0.4 is 9.64 Å². The number of nitrogens with zero attached hydrogens (tertiary/aromatic N) is 3. The minimum Gasteiger partial charge on any atom is -0.410 e. The summed E-state index contributed by atoms with van der Waals surface area (Å²) >= 11 is 3.06. The minimum atomic E-state index is -1.09. The highest BCUT2D eigenvalue weighted by atomic mass is 79.9. The SMILES string of the molecule is CC(=O)N(C(=O)Oc1ccccc1)c1nc(Br)ccc1[N+](=O)[O-]. The van der Waals surface area contributed by atoms with E-state index in [4.69, 9.17) is 4.74 Å². The van der Waals surface area contributed by atoms with Gasteiger partial charge in [0.25, 0.3) is 0 Å². The van der Waals surface area contributed by atoms with Gasteiger partial charge in [-0.2, -0.15) is 4.90 Å². The van der Waals surface area contributed by atoms with Crippen LogP contribution in [0.25, 0.3) is 0 Å². The molecule has 0 saturated heterocycles. The third-order valence-corrected chi connectivity index (χ3v) is 3.12. The summed E-state index contributed by atoms with van der Waals surface area (Å²) in [6, 6.07) is 10.5. The van der Waals surface area contributed by atoms with E-state index in [0.29, 0.717) is 4.90 Å². The second-order valence-corrected chi connectivity index (χ2v) is 5.08. The van der Waals surface area contributed by atoms with Gasteiger partial charge in [-0.05, 0) is 34.1 Å². The Hall–Kier alpha value is -2.81. The van der Waals surface area contributed by atoms with E-state index < -0.39 is 28.4 Å². The number of nitro groups is 1. The van der Waals surface area contributed by atoms with Crippen LogP contribution in [0.5, 0.6) is 5.75 Å². The number of aromatic nitrogens is 1. The summed E-state index contributed by atoms with van der Waals surface area (Å²) in [4.78, 5) is 38.8. The fourth-order valence-electron chi connectivity index (χ4n) is 1.72. The minimum absolute atomic E-state index is 0.196. The molecule has 2 rings (SSSR count). The van der Waals surface area contributed by atoms with Crippen LogP contribution in [0, 0.1) is 10.1 Å². The second-order valence-electron chi connectivity index (χ2n) is 4.27. The van der Waals surface area contributed by atoms with E-state index in [1.165, 1.54) is 18.2 Å². The molecule has 1 aromatic carbocycles. The fourth-order valence-corrected chi connectivity index (χ4v) is 2.02. The van der Waals surface area contributed by atoms with Crippen molar-refractivity contribution < 1.29 is 19.2 Å². The molecule has 8 nitrogen and oxygen atoms in total. The molecule has 0 fully saturated rings. The molecular formula is C14H10BrN3O5. The molecular weight excluding hydrogens is 370 g/mol. The molecule has 0 aliphatic carbocycles. The highest BCUT2D eigenvalue weighted by molar-refractivity contribution is 9.10. The van der Waals surface area contributed by atoms with Gasteiger partial charge < -0.3 is 4.74 Å². The van der Waals surface area contributed by atoms with Crippen molar-refractivity contribution in [1.82, 2.24) is 4.98 Å². The number of amides is 2. The molecule has 2 aromatic rings. The molecule has 1 aromatic heterocycles. The third-order valence-electron chi connectivity index (χ3n) is 2.67. The highest BCUT2D eigenvalue weighted by Crippen LogP contribution is 2.28. The topological polar surface area (TPSA) is 103 Å². The monoisotopic (exact) mass is 379 g/mol. The Morgan fingerprint density at radius 2 is 1.87 bits per heavy atom. The lowest BCUT2D eigenvalue weighted by Gasteiger charge is -2.17. The summed E-state index contributed by atoms with van der Waals surface area (Å²) in [5.41, 5.74) is -0.492. The Morgan fingerprint density at radius 3 is 2.43 bits per heavy atom. The number of hydrogen-bond acceptors (Lipinski definition) is 6. The summed E-state index contributed by atoms with van der Waals surface area (Å²) in [6.45, 7) is 1.08. The predicted octanol–water partition coefficient (Wildman–Crippen LogP) is 3.30. The molecule has 0 aliphatic rings. The van der Waals surface area contributed by atoms with E-state index in [1.54, 1.807) is 18.2 Å². The first kappa shape index (κ1) is 16.6. The summed E-state index contributed by atoms with van der Waals surface area (Å²) < 4.78 is 5.29.